The molecule has 33 heavy (non-hydrogen) atoms. The minimum Gasteiger partial charge on any atom is -0.319 e. The first-order chi connectivity index (χ1) is 15.2. The minimum absolute atomic E-state index is 0.190. The van der Waals surface area contributed by atoms with Gasteiger partial charge in [0.05, 0.1) is 40.4 Å². The molecule has 0 saturated carbocycles. The number of hydrogen-bond acceptors (Lipinski definition) is 5. The Hall–Kier alpha value is -2.50. The van der Waals surface area contributed by atoms with Crippen molar-refractivity contribution >= 4 is 38.8 Å². The zero-order valence-corrected chi connectivity index (χ0v) is 18.8. The van der Waals surface area contributed by atoms with E-state index in [-0.39, 0.29) is 12.2 Å². The molecular weight excluding hydrogens is 488 g/mol. The summed E-state index contributed by atoms with van der Waals surface area (Å²) in [6, 6.07) is 6.10. The first kappa shape index (κ1) is 25.1. The van der Waals surface area contributed by atoms with Crippen LogP contribution in [0.4, 0.5) is 23.2 Å². The van der Waals surface area contributed by atoms with E-state index in [0.29, 0.717) is 16.7 Å². The molecule has 0 saturated heterocycles. The van der Waals surface area contributed by atoms with Crippen molar-refractivity contribution in [3.8, 4) is 0 Å². The predicted molar refractivity (Wildman–Crippen MR) is 113 cm³/mol. The van der Waals surface area contributed by atoms with Crippen LogP contribution in [0.15, 0.2) is 41.3 Å². The number of fused-ring (bicyclic) bond motifs is 1. The summed E-state index contributed by atoms with van der Waals surface area (Å²) in [5.41, 5.74) is 5.22. The fourth-order valence-electron chi connectivity index (χ4n) is 3.37. The Balaban J connectivity index is 2.13. The lowest BCUT2D eigenvalue weighted by Gasteiger charge is -2.25. The van der Waals surface area contributed by atoms with Crippen molar-refractivity contribution in [3.63, 3.8) is 0 Å². The standard InChI is InChI=1S/C21H19ClF4N2O4S/c1-11(21(24,25)26)6-18(29)14-7-17-19(8-15(14)23)33(31,32)10-16(27)20(30)28(17)9-12-2-4-13(22)5-3-12/h2-5,7-8,11,16H,6,9-10,27H2,1H3/t11-,16+/m1/s1. The number of ketones is 1. The van der Waals surface area contributed by atoms with Gasteiger partial charge in [0.1, 0.15) is 5.82 Å². The number of hydrogen-bond donors (Lipinski definition) is 1. The Morgan fingerprint density at radius 3 is 2.42 bits per heavy atom. The molecule has 2 aromatic rings. The molecule has 2 aromatic carbocycles. The summed E-state index contributed by atoms with van der Waals surface area (Å²) >= 11 is 5.86. The Morgan fingerprint density at radius 1 is 1.24 bits per heavy atom. The molecule has 0 fully saturated rings. The molecule has 178 valence electrons. The van der Waals surface area contributed by atoms with Gasteiger partial charge in [-0.3, -0.25) is 9.59 Å². The van der Waals surface area contributed by atoms with Crippen molar-refractivity contribution in [1.29, 1.82) is 0 Å². The largest absolute Gasteiger partial charge is 0.391 e. The topological polar surface area (TPSA) is 97.5 Å². The van der Waals surface area contributed by atoms with E-state index in [2.05, 4.69) is 0 Å². The van der Waals surface area contributed by atoms with Crippen LogP contribution in [0, 0.1) is 11.7 Å². The molecule has 6 nitrogen and oxygen atoms in total. The second kappa shape index (κ2) is 9.03. The number of nitrogens with two attached hydrogens (primary N) is 1. The number of anilines is 1. The first-order valence-electron chi connectivity index (χ1n) is 9.68. The van der Waals surface area contributed by atoms with E-state index in [1.807, 2.05) is 0 Å². The van der Waals surface area contributed by atoms with Crippen molar-refractivity contribution in [2.45, 2.75) is 37.0 Å². The van der Waals surface area contributed by atoms with Crippen LogP contribution in [-0.4, -0.2) is 38.1 Å². The van der Waals surface area contributed by atoms with Gasteiger partial charge in [0.25, 0.3) is 0 Å². The molecule has 12 heteroatoms. The summed E-state index contributed by atoms with van der Waals surface area (Å²) in [6.45, 7) is 0.587. The average molecular weight is 507 g/mol. The zero-order valence-electron chi connectivity index (χ0n) is 17.2. The fraction of sp³-hybridized carbons (Fsp3) is 0.333. The van der Waals surface area contributed by atoms with E-state index >= 15 is 0 Å². The molecule has 0 unspecified atom stereocenters. The number of halogens is 5. The van der Waals surface area contributed by atoms with Gasteiger partial charge < -0.3 is 10.6 Å². The molecule has 0 aliphatic carbocycles. The minimum atomic E-state index is -4.68. The van der Waals surface area contributed by atoms with Crippen molar-refractivity contribution in [3.05, 3.63) is 58.4 Å². The summed E-state index contributed by atoms with van der Waals surface area (Å²) in [4.78, 5) is 25.8. The van der Waals surface area contributed by atoms with Crippen LogP contribution < -0.4 is 10.6 Å². The normalized spacial score (nSPS) is 19.1. The number of alkyl halides is 3. The molecule has 0 bridgehead atoms. The van der Waals surface area contributed by atoms with Crippen molar-refractivity contribution in [2.24, 2.45) is 11.7 Å². The van der Waals surface area contributed by atoms with Gasteiger partial charge in [-0.25, -0.2) is 12.8 Å². The highest BCUT2D eigenvalue weighted by Crippen LogP contribution is 2.36. The summed E-state index contributed by atoms with van der Waals surface area (Å²) in [5.74, 6) is -6.13. The maximum absolute atomic E-state index is 14.7. The van der Waals surface area contributed by atoms with Gasteiger partial charge in [0.2, 0.25) is 5.91 Å². The average Bonchev–Trinajstić information content (AvgIpc) is 2.77. The second-order valence-corrected chi connectivity index (χ2v) is 10.2. The third-order valence-corrected chi connectivity index (χ3v) is 7.31. The maximum atomic E-state index is 14.7. The van der Waals surface area contributed by atoms with Crippen LogP contribution in [0.3, 0.4) is 0 Å². The lowest BCUT2D eigenvalue weighted by molar-refractivity contribution is -0.168. The second-order valence-electron chi connectivity index (χ2n) is 7.81. The van der Waals surface area contributed by atoms with E-state index < -0.39 is 68.1 Å². The third-order valence-electron chi connectivity index (χ3n) is 5.26. The summed E-state index contributed by atoms with van der Waals surface area (Å²) < 4.78 is 78.9. The Bertz CT molecular complexity index is 1200. The van der Waals surface area contributed by atoms with Crippen molar-refractivity contribution < 1.29 is 35.6 Å². The Morgan fingerprint density at radius 2 is 1.85 bits per heavy atom. The number of benzene rings is 2. The number of carbonyl (C=O) groups is 2. The molecule has 1 aliphatic rings. The summed E-state index contributed by atoms with van der Waals surface area (Å²) in [7, 11) is -4.24. The molecule has 1 heterocycles. The van der Waals surface area contributed by atoms with E-state index in [1.165, 1.54) is 12.1 Å². The number of carbonyl (C=O) groups excluding carboxylic acids is 2. The zero-order chi connectivity index (χ0) is 24.7. The fourth-order valence-corrected chi connectivity index (χ4v) is 5.06. The SMILES string of the molecule is C[C@H](CC(=O)c1cc2c(cc1F)S(=O)(=O)C[C@H](N)C(=O)N2Cc1ccc(Cl)cc1)C(F)(F)F. The number of sulfone groups is 1. The van der Waals surface area contributed by atoms with E-state index in [0.717, 1.165) is 17.9 Å². The highest BCUT2D eigenvalue weighted by molar-refractivity contribution is 7.91. The lowest BCUT2D eigenvalue weighted by atomic mass is 9.98. The van der Waals surface area contributed by atoms with E-state index in [1.54, 1.807) is 12.1 Å². The van der Waals surface area contributed by atoms with Gasteiger partial charge in [-0.05, 0) is 29.8 Å². The molecule has 1 aliphatic heterocycles. The van der Waals surface area contributed by atoms with E-state index in [9.17, 15) is 35.6 Å². The van der Waals surface area contributed by atoms with Crippen LogP contribution in [0.5, 0.6) is 0 Å². The van der Waals surface area contributed by atoms with Crippen LogP contribution in [0.2, 0.25) is 5.02 Å². The number of amides is 1. The molecule has 0 radical (unpaired) electrons. The number of nitrogens with zero attached hydrogens (tertiary/aromatic N) is 1. The van der Waals surface area contributed by atoms with Gasteiger partial charge in [0, 0.05) is 11.4 Å². The van der Waals surface area contributed by atoms with Crippen molar-refractivity contribution in [1.82, 2.24) is 0 Å². The van der Waals surface area contributed by atoms with Gasteiger partial charge in [0.15, 0.2) is 15.6 Å². The van der Waals surface area contributed by atoms with Gasteiger partial charge in [-0.1, -0.05) is 30.7 Å². The highest BCUT2D eigenvalue weighted by atomic mass is 35.5. The van der Waals surface area contributed by atoms with Crippen LogP contribution >= 0.6 is 11.6 Å². The smallest absolute Gasteiger partial charge is 0.319 e. The quantitative estimate of drug-likeness (QED) is 0.490. The Labute approximate surface area is 192 Å². The van der Waals surface area contributed by atoms with Crippen LogP contribution in [0.25, 0.3) is 0 Å². The van der Waals surface area contributed by atoms with Gasteiger partial charge >= 0.3 is 6.18 Å². The number of Topliss-reactive ketones (excluding diaryl/α,β-unsaturated/α-hetero) is 1. The lowest BCUT2D eigenvalue weighted by Crippen LogP contribution is -2.45. The third kappa shape index (κ3) is 5.36. The van der Waals surface area contributed by atoms with Crippen molar-refractivity contribution in [2.75, 3.05) is 10.7 Å². The monoisotopic (exact) mass is 506 g/mol. The molecule has 0 aromatic heterocycles. The molecular formula is C21H19ClF4N2O4S. The molecule has 3 rings (SSSR count). The highest BCUT2D eigenvalue weighted by Gasteiger charge is 2.40. The Kier molecular flexibility index (Phi) is 6.88. The predicted octanol–water partition coefficient (Wildman–Crippen LogP) is 3.90. The first-order valence-corrected chi connectivity index (χ1v) is 11.7. The number of rotatable bonds is 5. The molecule has 1 amide bonds. The maximum Gasteiger partial charge on any atom is 0.391 e. The summed E-state index contributed by atoms with van der Waals surface area (Å²) in [6.07, 6.45) is -5.72. The van der Waals surface area contributed by atoms with Crippen LogP contribution in [0.1, 0.15) is 29.3 Å². The van der Waals surface area contributed by atoms with E-state index in [4.69, 9.17) is 17.3 Å². The molecule has 2 N–H and O–H groups in total. The summed E-state index contributed by atoms with van der Waals surface area (Å²) in [5, 5.41) is 0.411. The van der Waals surface area contributed by atoms with Gasteiger partial charge in [-0.15, -0.1) is 0 Å². The molecule has 0 spiro atoms. The molecule has 2 atom stereocenters. The van der Waals surface area contributed by atoms with Crippen LogP contribution in [-0.2, 0) is 21.2 Å². The van der Waals surface area contributed by atoms with Gasteiger partial charge in [-0.2, -0.15) is 13.2 Å².